The lowest BCUT2D eigenvalue weighted by Gasteiger charge is -2.12. The third-order valence-corrected chi connectivity index (χ3v) is 9.81. The molecule has 0 aliphatic heterocycles. The molecule has 0 aliphatic carbocycles. The first-order valence-electron chi connectivity index (χ1n) is 14.1. The Labute approximate surface area is 260 Å². The molecule has 0 fully saturated rings. The molecule has 0 aliphatic rings. The van der Waals surface area contributed by atoms with Crippen molar-refractivity contribution in [3.8, 4) is 11.8 Å². The number of hydrogen-bond acceptors (Lipinski definition) is 7. The minimum atomic E-state index is -0.238. The number of anilines is 1. The molecule has 0 atom stereocenters. The molecular formula is C33H38N4O2S3. The molecular weight excluding hydrogens is 581 g/mol. The summed E-state index contributed by atoms with van der Waals surface area (Å²) in [6.45, 7) is 12.0. The molecule has 0 spiro atoms. The first-order valence-corrected chi connectivity index (χ1v) is 16.7. The van der Waals surface area contributed by atoms with Crippen LogP contribution < -0.4 is 10.9 Å². The number of carbonyl (C=O) groups excluding carboxylic acids is 1. The summed E-state index contributed by atoms with van der Waals surface area (Å²) in [4.78, 5) is 33.4. The second-order valence-corrected chi connectivity index (χ2v) is 12.5. The van der Waals surface area contributed by atoms with Crippen molar-refractivity contribution in [1.29, 1.82) is 5.26 Å². The highest BCUT2D eigenvalue weighted by Gasteiger charge is 2.20. The Hall–Kier alpha value is -3.45. The minimum absolute atomic E-state index is 0.0594. The first kappa shape index (κ1) is 33.1. The maximum absolute atomic E-state index is 13.8. The van der Waals surface area contributed by atoms with Crippen LogP contribution in [0.15, 0.2) is 63.9 Å². The van der Waals surface area contributed by atoms with Gasteiger partial charge in [0.1, 0.15) is 15.9 Å². The van der Waals surface area contributed by atoms with Crippen LogP contribution in [0, 0.1) is 18.3 Å². The summed E-state index contributed by atoms with van der Waals surface area (Å²) in [7, 11) is 0. The molecule has 0 unspecified atom stereocenters. The molecule has 3 aromatic heterocycles. The zero-order chi connectivity index (χ0) is 30.6. The van der Waals surface area contributed by atoms with Gasteiger partial charge in [0.15, 0.2) is 5.16 Å². The molecule has 0 saturated carbocycles. The average molecular weight is 619 g/mol. The van der Waals surface area contributed by atoms with Gasteiger partial charge in [-0.3, -0.25) is 14.2 Å². The van der Waals surface area contributed by atoms with Gasteiger partial charge in [0.05, 0.1) is 22.4 Å². The van der Waals surface area contributed by atoms with Crippen LogP contribution in [0.2, 0.25) is 0 Å². The second-order valence-electron chi connectivity index (χ2n) is 9.60. The number of carbonyl (C=O) groups is 1. The van der Waals surface area contributed by atoms with Gasteiger partial charge in [-0.05, 0) is 70.7 Å². The van der Waals surface area contributed by atoms with Crippen LogP contribution in [0.3, 0.4) is 0 Å². The fourth-order valence-corrected chi connectivity index (χ4v) is 7.23. The summed E-state index contributed by atoms with van der Waals surface area (Å²) in [5.41, 5.74) is 3.93. The number of thiophene rings is 2. The monoisotopic (exact) mass is 618 g/mol. The molecule has 1 N–H and O–H groups in total. The highest BCUT2D eigenvalue weighted by atomic mass is 32.2. The molecule has 0 radical (unpaired) electrons. The SMILES string of the molecule is C/C=C(\C)c1csc2nc(SCC(=O)Nc3sc(CCCCC)c(C)c3C#N)n(-c3ccccc3)c(=O)c12.C/C=C\C. The van der Waals surface area contributed by atoms with Gasteiger partial charge in [0.2, 0.25) is 5.91 Å². The minimum Gasteiger partial charge on any atom is -0.316 e. The van der Waals surface area contributed by atoms with E-state index < -0.39 is 0 Å². The quantitative estimate of drug-likeness (QED) is 0.0829. The molecule has 9 heteroatoms. The fraction of sp³-hybridized carbons (Fsp3) is 0.333. The largest absolute Gasteiger partial charge is 0.316 e. The highest BCUT2D eigenvalue weighted by Crippen LogP contribution is 2.34. The Morgan fingerprint density at radius 1 is 1.17 bits per heavy atom. The number of para-hydroxylation sites is 1. The molecule has 0 bridgehead atoms. The van der Waals surface area contributed by atoms with Crippen molar-refractivity contribution in [3.63, 3.8) is 0 Å². The maximum atomic E-state index is 13.8. The predicted octanol–water partition coefficient (Wildman–Crippen LogP) is 9.16. The molecule has 4 rings (SSSR count). The number of aryl methyl sites for hydroxylation is 1. The van der Waals surface area contributed by atoms with Crippen LogP contribution in [0.4, 0.5) is 5.00 Å². The van der Waals surface area contributed by atoms with Crippen molar-refractivity contribution in [3.05, 3.63) is 85.9 Å². The topological polar surface area (TPSA) is 87.8 Å². The van der Waals surface area contributed by atoms with E-state index in [1.807, 2.05) is 88.6 Å². The lowest BCUT2D eigenvalue weighted by Crippen LogP contribution is -2.23. The van der Waals surface area contributed by atoms with Crippen molar-refractivity contribution < 1.29 is 4.79 Å². The Bertz CT molecular complexity index is 1670. The zero-order valence-corrected chi connectivity index (χ0v) is 27.6. The Balaban J connectivity index is 0.00000114. The van der Waals surface area contributed by atoms with E-state index in [2.05, 4.69) is 18.3 Å². The zero-order valence-electron chi connectivity index (χ0n) is 25.1. The molecule has 1 amide bonds. The lowest BCUT2D eigenvalue weighted by atomic mass is 10.1. The summed E-state index contributed by atoms with van der Waals surface area (Å²) in [5, 5.41) is 16.2. The number of aromatic nitrogens is 2. The summed E-state index contributed by atoms with van der Waals surface area (Å²) in [6, 6.07) is 11.6. The predicted molar refractivity (Wildman–Crippen MR) is 181 cm³/mol. The Morgan fingerprint density at radius 2 is 1.88 bits per heavy atom. The molecule has 3 heterocycles. The normalized spacial score (nSPS) is 11.4. The fourth-order valence-electron chi connectivity index (χ4n) is 4.17. The van der Waals surface area contributed by atoms with E-state index >= 15 is 0 Å². The number of allylic oxidation sites excluding steroid dienone is 4. The van der Waals surface area contributed by atoms with Crippen LogP contribution in [0.25, 0.3) is 21.5 Å². The van der Waals surface area contributed by atoms with E-state index in [0.717, 1.165) is 47.3 Å². The number of unbranched alkanes of at least 4 members (excludes halogenated alkanes) is 2. The summed E-state index contributed by atoms with van der Waals surface area (Å²) in [6.07, 6.45) is 10.2. The van der Waals surface area contributed by atoms with Crippen molar-refractivity contribution in [2.45, 2.75) is 72.4 Å². The third-order valence-electron chi connectivity index (χ3n) is 6.73. The molecule has 4 aromatic rings. The number of nitriles is 1. The molecule has 1 aromatic carbocycles. The van der Waals surface area contributed by atoms with E-state index in [1.54, 1.807) is 4.57 Å². The van der Waals surface area contributed by atoms with Gasteiger partial charge in [-0.1, -0.05) is 68.0 Å². The van der Waals surface area contributed by atoms with Crippen molar-refractivity contribution in [2.24, 2.45) is 0 Å². The van der Waals surface area contributed by atoms with Gasteiger partial charge < -0.3 is 5.32 Å². The first-order chi connectivity index (χ1) is 20.3. The number of amides is 1. The summed E-state index contributed by atoms with van der Waals surface area (Å²) in [5.74, 6) is -0.178. The Morgan fingerprint density at radius 3 is 2.50 bits per heavy atom. The van der Waals surface area contributed by atoms with Crippen LogP contribution >= 0.6 is 34.4 Å². The number of benzene rings is 1. The Kier molecular flexibility index (Phi) is 12.8. The number of thioether (sulfide) groups is 1. The standard InChI is InChI=1S/C29H30N4O2S3.C4H8/c1-5-7-9-14-23-19(4)21(15-30)26(38-23)31-24(34)17-37-29-32-27-25(22(16-36-27)18(3)6-2)28(35)33(29)20-12-10-8-11-13-20;1-3-4-2/h6,8,10-13,16H,5,7,9,14,17H2,1-4H3,(H,31,34);3-4H,1-2H3/b18-6+;4-3-. The average Bonchev–Trinajstić information content (AvgIpc) is 3.56. The van der Waals surface area contributed by atoms with E-state index in [0.29, 0.717) is 31.6 Å². The molecule has 220 valence electrons. The van der Waals surface area contributed by atoms with Crippen molar-refractivity contribution in [1.82, 2.24) is 9.55 Å². The number of nitrogens with one attached hydrogen (secondary N) is 1. The van der Waals surface area contributed by atoms with Gasteiger partial charge in [-0.2, -0.15) is 5.26 Å². The van der Waals surface area contributed by atoms with Crippen LogP contribution in [0.1, 0.15) is 75.4 Å². The van der Waals surface area contributed by atoms with Crippen molar-refractivity contribution in [2.75, 3.05) is 11.1 Å². The van der Waals surface area contributed by atoms with Gasteiger partial charge in [0.25, 0.3) is 5.56 Å². The van der Waals surface area contributed by atoms with Crippen molar-refractivity contribution >= 4 is 61.1 Å². The van der Waals surface area contributed by atoms with Gasteiger partial charge in [-0.25, -0.2) is 4.98 Å². The molecule has 42 heavy (non-hydrogen) atoms. The van der Waals surface area contributed by atoms with Gasteiger partial charge >= 0.3 is 0 Å². The maximum Gasteiger partial charge on any atom is 0.268 e. The molecule has 0 saturated heterocycles. The number of fused-ring (bicyclic) bond motifs is 1. The third kappa shape index (κ3) is 7.88. The van der Waals surface area contributed by atoms with Crippen LogP contribution in [-0.4, -0.2) is 21.2 Å². The van der Waals surface area contributed by atoms with Crippen LogP contribution in [0.5, 0.6) is 0 Å². The van der Waals surface area contributed by atoms with Crippen LogP contribution in [-0.2, 0) is 11.2 Å². The van der Waals surface area contributed by atoms with Gasteiger partial charge in [0, 0.05) is 15.8 Å². The van der Waals surface area contributed by atoms with E-state index in [9.17, 15) is 14.9 Å². The second kappa shape index (κ2) is 16.3. The smallest absolute Gasteiger partial charge is 0.268 e. The number of hydrogen-bond donors (Lipinski definition) is 1. The number of rotatable bonds is 10. The van der Waals surface area contributed by atoms with E-state index in [4.69, 9.17) is 4.98 Å². The number of nitrogens with zero attached hydrogens (tertiary/aromatic N) is 3. The van der Waals surface area contributed by atoms with E-state index in [-0.39, 0.29) is 17.2 Å². The van der Waals surface area contributed by atoms with E-state index in [1.165, 1.54) is 34.4 Å². The highest BCUT2D eigenvalue weighted by molar-refractivity contribution is 7.99. The summed E-state index contributed by atoms with van der Waals surface area (Å²) >= 11 is 4.13. The molecule has 6 nitrogen and oxygen atoms in total. The lowest BCUT2D eigenvalue weighted by molar-refractivity contribution is -0.113. The summed E-state index contributed by atoms with van der Waals surface area (Å²) < 4.78 is 1.58. The van der Waals surface area contributed by atoms with Gasteiger partial charge in [-0.15, -0.1) is 22.7 Å².